The molecule has 1 heterocycles. The lowest BCUT2D eigenvalue weighted by Gasteiger charge is -2.40. The molecular formula is C27H34O10. The minimum Gasteiger partial charge on any atom is -0.465 e. The van der Waals surface area contributed by atoms with E-state index in [9.17, 15) is 34.8 Å². The molecule has 10 heteroatoms. The van der Waals surface area contributed by atoms with E-state index in [-0.39, 0.29) is 26.1 Å². The standard InChI is InChI=1S/C27H34O10/c1-3-35-26(33)22(27(34)36-4-2)19(17-10-9-15-7-5-6-8-16(15)11-17)12-18(29)13-20-23(30)25(32)24(31)21(14-28)37-20/h5-11,19-25,28,30-32H,3-4,12-14H2,1-2H3/t19?,20-,21+,23-,24+,25+/m0/s1. The highest BCUT2D eigenvalue weighted by Gasteiger charge is 2.45. The molecule has 10 nitrogen and oxygen atoms in total. The van der Waals surface area contributed by atoms with Crippen LogP contribution in [0.3, 0.4) is 0 Å². The van der Waals surface area contributed by atoms with Gasteiger partial charge in [-0.25, -0.2) is 0 Å². The molecule has 1 unspecified atom stereocenters. The first-order chi connectivity index (χ1) is 17.7. The molecule has 1 aliphatic heterocycles. The number of hydrogen-bond acceptors (Lipinski definition) is 10. The maximum Gasteiger partial charge on any atom is 0.320 e. The first-order valence-corrected chi connectivity index (χ1v) is 12.4. The van der Waals surface area contributed by atoms with E-state index in [1.807, 2.05) is 30.3 Å². The van der Waals surface area contributed by atoms with Gasteiger partial charge in [-0.3, -0.25) is 14.4 Å². The second kappa shape index (κ2) is 13.1. The summed E-state index contributed by atoms with van der Waals surface area (Å²) in [7, 11) is 0. The molecule has 4 N–H and O–H groups in total. The smallest absolute Gasteiger partial charge is 0.320 e. The Hall–Kier alpha value is -2.89. The minimum absolute atomic E-state index is 0.0258. The van der Waals surface area contributed by atoms with E-state index < -0.39 is 66.7 Å². The Morgan fingerprint density at radius 3 is 2.05 bits per heavy atom. The minimum atomic E-state index is -1.62. The molecule has 2 aromatic rings. The summed E-state index contributed by atoms with van der Waals surface area (Å²) in [6.45, 7) is 2.64. The maximum absolute atomic E-state index is 13.3. The summed E-state index contributed by atoms with van der Waals surface area (Å²) in [4.78, 5) is 39.1. The second-order valence-electron chi connectivity index (χ2n) is 9.01. The van der Waals surface area contributed by atoms with Crippen LogP contribution in [0, 0.1) is 5.92 Å². The number of Topliss-reactive ketones (excluding diaryl/α,β-unsaturated/α-hetero) is 1. The number of benzene rings is 2. The van der Waals surface area contributed by atoms with Crippen LogP contribution in [-0.4, -0.2) is 88.5 Å². The summed E-state index contributed by atoms with van der Waals surface area (Å²) in [6, 6.07) is 12.9. The topological polar surface area (TPSA) is 160 Å². The predicted molar refractivity (Wildman–Crippen MR) is 131 cm³/mol. The van der Waals surface area contributed by atoms with Crippen molar-refractivity contribution >= 4 is 28.5 Å². The van der Waals surface area contributed by atoms with Gasteiger partial charge < -0.3 is 34.6 Å². The Balaban J connectivity index is 1.94. The normalized spacial score (nSPS) is 24.6. The van der Waals surface area contributed by atoms with E-state index in [0.717, 1.165) is 10.8 Å². The van der Waals surface area contributed by atoms with Gasteiger partial charge in [0.15, 0.2) is 5.92 Å². The number of ketones is 1. The second-order valence-corrected chi connectivity index (χ2v) is 9.01. The first kappa shape index (κ1) is 28.7. The molecule has 1 saturated heterocycles. The monoisotopic (exact) mass is 518 g/mol. The Morgan fingerprint density at radius 2 is 1.46 bits per heavy atom. The number of esters is 2. The third kappa shape index (κ3) is 6.71. The summed E-state index contributed by atoms with van der Waals surface area (Å²) in [5.74, 6) is -4.47. The molecule has 3 rings (SSSR count). The Morgan fingerprint density at radius 1 is 0.865 bits per heavy atom. The quantitative estimate of drug-likeness (QED) is 0.248. The highest BCUT2D eigenvalue weighted by molar-refractivity contribution is 5.97. The van der Waals surface area contributed by atoms with E-state index in [0.29, 0.717) is 5.56 Å². The first-order valence-electron chi connectivity index (χ1n) is 12.4. The zero-order valence-corrected chi connectivity index (χ0v) is 20.9. The molecule has 1 aliphatic rings. The van der Waals surface area contributed by atoms with Gasteiger partial charge in [0.2, 0.25) is 0 Å². The van der Waals surface area contributed by atoms with Crippen LogP contribution in [0.5, 0.6) is 0 Å². The van der Waals surface area contributed by atoms with Crippen molar-refractivity contribution in [2.45, 2.75) is 63.1 Å². The van der Waals surface area contributed by atoms with Crippen LogP contribution in [0.4, 0.5) is 0 Å². The molecule has 0 aliphatic carbocycles. The zero-order chi connectivity index (χ0) is 27.1. The van der Waals surface area contributed by atoms with Crippen molar-refractivity contribution in [2.75, 3.05) is 19.8 Å². The molecule has 0 aromatic heterocycles. The van der Waals surface area contributed by atoms with E-state index in [2.05, 4.69) is 0 Å². The number of aliphatic hydroxyl groups is 4. The lowest BCUT2D eigenvalue weighted by Crippen LogP contribution is -2.58. The number of hydrogen-bond donors (Lipinski definition) is 4. The fourth-order valence-electron chi connectivity index (χ4n) is 4.66. The molecule has 1 fully saturated rings. The van der Waals surface area contributed by atoms with E-state index in [4.69, 9.17) is 14.2 Å². The fraction of sp³-hybridized carbons (Fsp3) is 0.519. The average Bonchev–Trinajstić information content (AvgIpc) is 2.88. The lowest BCUT2D eigenvalue weighted by atomic mass is 9.80. The molecule has 0 bridgehead atoms. The van der Waals surface area contributed by atoms with Crippen LogP contribution in [0.15, 0.2) is 42.5 Å². The van der Waals surface area contributed by atoms with Gasteiger partial charge in [0.1, 0.15) is 30.2 Å². The number of carbonyl (C=O) groups excluding carboxylic acids is 3. The molecule has 0 amide bonds. The highest BCUT2D eigenvalue weighted by Crippen LogP contribution is 2.34. The number of rotatable bonds is 11. The average molecular weight is 519 g/mol. The zero-order valence-electron chi connectivity index (χ0n) is 20.9. The summed E-state index contributed by atoms with van der Waals surface area (Å²) < 4.78 is 15.8. The van der Waals surface area contributed by atoms with Gasteiger partial charge in [-0.05, 0) is 30.2 Å². The van der Waals surface area contributed by atoms with Gasteiger partial charge >= 0.3 is 11.9 Å². The molecule has 37 heavy (non-hydrogen) atoms. The molecule has 0 radical (unpaired) electrons. The van der Waals surface area contributed by atoms with Crippen LogP contribution < -0.4 is 0 Å². The molecule has 202 valence electrons. The molecule has 0 spiro atoms. The lowest BCUT2D eigenvalue weighted by molar-refractivity contribution is -0.229. The Kier molecular flexibility index (Phi) is 10.1. The third-order valence-electron chi connectivity index (χ3n) is 6.55. The van der Waals surface area contributed by atoms with Crippen LogP contribution in [-0.2, 0) is 28.6 Å². The SMILES string of the molecule is CCOC(=O)C(C(=O)OCC)C(CC(=O)C[C@@H]1O[C@H](CO)[C@@H](O)[C@H](O)[C@H]1O)c1ccc2ccccc2c1. The van der Waals surface area contributed by atoms with Crippen molar-refractivity contribution in [1.29, 1.82) is 0 Å². The van der Waals surface area contributed by atoms with Crippen molar-refractivity contribution < 1.29 is 49.0 Å². The van der Waals surface area contributed by atoms with Gasteiger partial charge in [-0.1, -0.05) is 42.5 Å². The van der Waals surface area contributed by atoms with E-state index in [1.165, 1.54) is 0 Å². The number of carbonyl (C=O) groups is 3. The third-order valence-corrected chi connectivity index (χ3v) is 6.55. The molecule has 0 saturated carbocycles. The molecule has 2 aromatic carbocycles. The summed E-state index contributed by atoms with van der Waals surface area (Å²) >= 11 is 0. The number of ether oxygens (including phenoxy) is 3. The maximum atomic E-state index is 13.3. The van der Waals surface area contributed by atoms with Crippen molar-refractivity contribution in [3.8, 4) is 0 Å². The predicted octanol–water partition coefficient (Wildman–Crippen LogP) is 0.858. The van der Waals surface area contributed by atoms with Gasteiger partial charge in [0.05, 0.1) is 25.9 Å². The van der Waals surface area contributed by atoms with Crippen molar-refractivity contribution in [3.05, 3.63) is 48.0 Å². The van der Waals surface area contributed by atoms with E-state index in [1.54, 1.807) is 26.0 Å². The Bertz CT molecular complexity index is 1070. The summed E-state index contributed by atoms with van der Waals surface area (Å²) in [5, 5.41) is 41.6. The van der Waals surface area contributed by atoms with Gasteiger partial charge in [-0.15, -0.1) is 0 Å². The fourth-order valence-corrected chi connectivity index (χ4v) is 4.66. The molecular weight excluding hydrogens is 484 g/mol. The van der Waals surface area contributed by atoms with Gasteiger partial charge in [0.25, 0.3) is 0 Å². The van der Waals surface area contributed by atoms with Crippen molar-refractivity contribution in [1.82, 2.24) is 0 Å². The van der Waals surface area contributed by atoms with Crippen molar-refractivity contribution in [2.24, 2.45) is 5.92 Å². The van der Waals surface area contributed by atoms with Crippen LogP contribution in [0.1, 0.15) is 38.2 Å². The van der Waals surface area contributed by atoms with E-state index >= 15 is 0 Å². The Labute approximate surface area is 214 Å². The summed E-state index contributed by atoms with van der Waals surface area (Å²) in [5.41, 5.74) is 0.548. The summed E-state index contributed by atoms with van der Waals surface area (Å²) in [6.07, 6.45) is -7.78. The number of aliphatic hydroxyl groups excluding tert-OH is 4. The molecule has 6 atom stereocenters. The van der Waals surface area contributed by atoms with Crippen LogP contribution in [0.25, 0.3) is 10.8 Å². The highest BCUT2D eigenvalue weighted by atomic mass is 16.6. The largest absolute Gasteiger partial charge is 0.465 e. The van der Waals surface area contributed by atoms with Crippen molar-refractivity contribution in [3.63, 3.8) is 0 Å². The number of fused-ring (bicyclic) bond motifs is 1. The van der Waals surface area contributed by atoms with Crippen LogP contribution in [0.2, 0.25) is 0 Å². The van der Waals surface area contributed by atoms with Crippen LogP contribution >= 0.6 is 0 Å². The van der Waals surface area contributed by atoms with Gasteiger partial charge in [0, 0.05) is 18.8 Å². The van der Waals surface area contributed by atoms with Gasteiger partial charge in [-0.2, -0.15) is 0 Å².